The number of phenolic OH excluding ortho intramolecular Hbond substituents is 5. The van der Waals surface area contributed by atoms with E-state index in [9.17, 15) is 0 Å². The SMILES string of the molecule is OOc1c(O)c(O)c(O)c(O)c1O. The van der Waals surface area contributed by atoms with Crippen LogP contribution in [0.15, 0.2) is 0 Å². The Morgan fingerprint density at radius 3 is 1.23 bits per heavy atom. The first-order valence-electron chi connectivity index (χ1n) is 3.00. The molecule has 72 valence electrons. The molecule has 7 nitrogen and oxygen atoms in total. The second kappa shape index (κ2) is 2.79. The van der Waals surface area contributed by atoms with Gasteiger partial charge in [0.05, 0.1) is 0 Å². The molecule has 6 N–H and O–H groups in total. The largest absolute Gasteiger partial charge is 0.502 e. The topological polar surface area (TPSA) is 131 Å². The molecule has 1 aromatic rings. The first kappa shape index (κ1) is 9.07. The molecule has 1 aromatic carbocycles. The van der Waals surface area contributed by atoms with Gasteiger partial charge >= 0.3 is 0 Å². The van der Waals surface area contributed by atoms with Crippen molar-refractivity contribution >= 4 is 0 Å². The van der Waals surface area contributed by atoms with Crippen LogP contribution in [0.3, 0.4) is 0 Å². The lowest BCUT2D eigenvalue weighted by Crippen LogP contribution is -1.87. The van der Waals surface area contributed by atoms with Crippen LogP contribution >= 0.6 is 0 Å². The Morgan fingerprint density at radius 2 is 0.923 bits per heavy atom. The average molecular weight is 190 g/mol. The second-order valence-electron chi connectivity index (χ2n) is 2.16. The quantitative estimate of drug-likeness (QED) is 0.160. The fourth-order valence-corrected chi connectivity index (χ4v) is 0.750. The van der Waals surface area contributed by atoms with E-state index in [0.29, 0.717) is 0 Å². The van der Waals surface area contributed by atoms with Gasteiger partial charge in [0.2, 0.25) is 28.7 Å². The van der Waals surface area contributed by atoms with E-state index in [-0.39, 0.29) is 0 Å². The van der Waals surface area contributed by atoms with Gasteiger partial charge in [0.15, 0.2) is 0 Å². The summed E-state index contributed by atoms with van der Waals surface area (Å²) in [7, 11) is 0. The highest BCUT2D eigenvalue weighted by molar-refractivity contribution is 5.70. The van der Waals surface area contributed by atoms with Crippen LogP contribution in [-0.2, 0) is 0 Å². The summed E-state index contributed by atoms with van der Waals surface area (Å²) in [5, 5.41) is 52.5. The molecular formula is C6H6O7. The average Bonchev–Trinajstić information content (AvgIpc) is 2.13. The highest BCUT2D eigenvalue weighted by Crippen LogP contribution is 2.54. The van der Waals surface area contributed by atoms with Crippen molar-refractivity contribution in [3.63, 3.8) is 0 Å². The molecule has 0 fully saturated rings. The molecule has 0 atom stereocenters. The maximum Gasteiger partial charge on any atom is 0.256 e. The Morgan fingerprint density at radius 1 is 0.615 bits per heavy atom. The minimum atomic E-state index is -1.12. The summed E-state index contributed by atoms with van der Waals surface area (Å²) in [6, 6.07) is 0. The minimum Gasteiger partial charge on any atom is -0.502 e. The predicted molar refractivity (Wildman–Crippen MR) is 38.0 cm³/mol. The van der Waals surface area contributed by atoms with Gasteiger partial charge in [0.25, 0.3) is 5.75 Å². The summed E-state index contributed by atoms with van der Waals surface area (Å²) >= 11 is 0. The second-order valence-corrected chi connectivity index (χ2v) is 2.16. The van der Waals surface area contributed by atoms with E-state index in [4.69, 9.17) is 30.8 Å². The van der Waals surface area contributed by atoms with Crippen molar-refractivity contribution in [2.75, 3.05) is 0 Å². The number of phenols is 5. The van der Waals surface area contributed by atoms with Gasteiger partial charge in [-0.1, -0.05) is 0 Å². The Bertz CT molecular complexity index is 316. The van der Waals surface area contributed by atoms with E-state index in [1.165, 1.54) is 0 Å². The fourth-order valence-electron chi connectivity index (χ4n) is 0.750. The molecule has 0 aliphatic heterocycles. The third-order valence-electron chi connectivity index (χ3n) is 1.42. The van der Waals surface area contributed by atoms with Gasteiger partial charge in [-0.2, -0.15) is 0 Å². The van der Waals surface area contributed by atoms with Crippen molar-refractivity contribution < 1.29 is 35.7 Å². The number of rotatable bonds is 1. The molecule has 0 heterocycles. The zero-order valence-corrected chi connectivity index (χ0v) is 6.09. The Labute approximate surface area is 71.2 Å². The van der Waals surface area contributed by atoms with Crippen LogP contribution < -0.4 is 4.89 Å². The summed E-state index contributed by atoms with van der Waals surface area (Å²) < 4.78 is 0. The standard InChI is InChI=1S/C6H6O7/c7-1-2(8)4(10)6(13-12)5(11)3(1)9/h7-12H. The maximum atomic E-state index is 8.92. The number of aromatic hydroxyl groups is 5. The first-order chi connectivity index (χ1) is 6.00. The zero-order chi connectivity index (χ0) is 10.2. The Balaban J connectivity index is 3.56. The van der Waals surface area contributed by atoms with Crippen molar-refractivity contribution in [2.45, 2.75) is 0 Å². The number of hydrogen-bond donors (Lipinski definition) is 6. The lowest BCUT2D eigenvalue weighted by Gasteiger charge is -2.08. The van der Waals surface area contributed by atoms with Crippen LogP contribution in [0.1, 0.15) is 0 Å². The van der Waals surface area contributed by atoms with Gasteiger partial charge in [-0.15, -0.1) is 0 Å². The van der Waals surface area contributed by atoms with E-state index in [1.807, 2.05) is 0 Å². The molecule has 0 amide bonds. The van der Waals surface area contributed by atoms with E-state index in [0.717, 1.165) is 0 Å². The van der Waals surface area contributed by atoms with Crippen molar-refractivity contribution in [3.05, 3.63) is 0 Å². The summed E-state index contributed by atoms with van der Waals surface area (Å²) in [6.07, 6.45) is 0. The molecule has 7 heteroatoms. The summed E-state index contributed by atoms with van der Waals surface area (Å²) in [5.41, 5.74) is 0. The van der Waals surface area contributed by atoms with Crippen LogP contribution in [0.5, 0.6) is 34.5 Å². The molecule has 0 aliphatic rings. The van der Waals surface area contributed by atoms with E-state index in [2.05, 4.69) is 4.89 Å². The van der Waals surface area contributed by atoms with Crippen LogP contribution in [0, 0.1) is 0 Å². The molecule has 0 radical (unpaired) electrons. The first-order valence-corrected chi connectivity index (χ1v) is 3.00. The van der Waals surface area contributed by atoms with Crippen LogP contribution in [0.4, 0.5) is 0 Å². The Kier molecular flexibility index (Phi) is 1.95. The number of hydrogen-bond acceptors (Lipinski definition) is 7. The maximum absolute atomic E-state index is 8.92. The molecule has 13 heavy (non-hydrogen) atoms. The monoisotopic (exact) mass is 190 g/mol. The summed E-state index contributed by atoms with van der Waals surface area (Å²) in [6.45, 7) is 0. The fraction of sp³-hybridized carbons (Fsp3) is 0. The van der Waals surface area contributed by atoms with E-state index < -0.39 is 34.5 Å². The third kappa shape index (κ3) is 1.11. The molecule has 0 aromatic heterocycles. The molecule has 0 aliphatic carbocycles. The lowest BCUT2D eigenvalue weighted by molar-refractivity contribution is -0.140. The van der Waals surface area contributed by atoms with Crippen LogP contribution in [0.25, 0.3) is 0 Å². The molecule has 0 bridgehead atoms. The number of benzene rings is 1. The van der Waals surface area contributed by atoms with Crippen molar-refractivity contribution in [1.29, 1.82) is 0 Å². The van der Waals surface area contributed by atoms with Crippen LogP contribution in [-0.4, -0.2) is 30.8 Å². The molecule has 1 rings (SSSR count). The van der Waals surface area contributed by atoms with Gasteiger partial charge in [-0.25, -0.2) is 5.26 Å². The van der Waals surface area contributed by atoms with E-state index >= 15 is 0 Å². The van der Waals surface area contributed by atoms with Gasteiger partial charge < -0.3 is 30.4 Å². The molecular weight excluding hydrogens is 184 g/mol. The normalized spacial score (nSPS) is 9.92. The smallest absolute Gasteiger partial charge is 0.256 e. The summed E-state index contributed by atoms with van der Waals surface area (Å²) in [5.74, 6) is -6.46. The van der Waals surface area contributed by atoms with Crippen molar-refractivity contribution in [3.8, 4) is 34.5 Å². The lowest BCUT2D eigenvalue weighted by atomic mass is 10.2. The molecule has 0 unspecified atom stereocenters. The van der Waals surface area contributed by atoms with E-state index in [1.54, 1.807) is 0 Å². The van der Waals surface area contributed by atoms with Gasteiger partial charge in [0, 0.05) is 0 Å². The van der Waals surface area contributed by atoms with Crippen molar-refractivity contribution in [1.82, 2.24) is 0 Å². The molecule has 0 saturated heterocycles. The minimum absolute atomic E-state index is 0.951. The summed E-state index contributed by atoms with van der Waals surface area (Å²) in [4.78, 5) is 3.46. The molecule has 0 saturated carbocycles. The van der Waals surface area contributed by atoms with Crippen molar-refractivity contribution in [2.24, 2.45) is 0 Å². The Hall–Kier alpha value is -2.02. The van der Waals surface area contributed by atoms with Gasteiger partial charge in [-0.3, -0.25) is 0 Å². The zero-order valence-electron chi connectivity index (χ0n) is 6.09. The predicted octanol–water partition coefficient (Wildman–Crippen LogP) is 0.0664. The molecule has 0 spiro atoms. The van der Waals surface area contributed by atoms with Gasteiger partial charge in [-0.05, 0) is 0 Å². The highest BCUT2D eigenvalue weighted by Gasteiger charge is 2.24. The van der Waals surface area contributed by atoms with Crippen LogP contribution in [0.2, 0.25) is 0 Å². The van der Waals surface area contributed by atoms with Gasteiger partial charge in [0.1, 0.15) is 0 Å². The third-order valence-corrected chi connectivity index (χ3v) is 1.42. The highest BCUT2D eigenvalue weighted by atomic mass is 17.1.